The quantitative estimate of drug-likeness (QED) is 0.227. The van der Waals surface area contributed by atoms with Gasteiger partial charge in [0, 0.05) is 42.6 Å². The topological polar surface area (TPSA) is 102 Å². The van der Waals surface area contributed by atoms with Gasteiger partial charge in [-0.2, -0.15) is 0 Å². The highest BCUT2D eigenvalue weighted by Crippen LogP contribution is 2.33. The molecule has 1 saturated heterocycles. The molecule has 220 valence electrons. The van der Waals surface area contributed by atoms with Crippen LogP contribution in [0, 0.1) is 11.7 Å². The first-order valence-electron chi connectivity index (χ1n) is 14.3. The van der Waals surface area contributed by atoms with Gasteiger partial charge < -0.3 is 29.8 Å². The molecule has 0 spiro atoms. The van der Waals surface area contributed by atoms with Crippen molar-refractivity contribution in [3.63, 3.8) is 0 Å². The third-order valence-corrected chi connectivity index (χ3v) is 7.16. The average Bonchev–Trinajstić information content (AvgIpc) is 3.44. The molecule has 0 radical (unpaired) electrons. The number of benzene rings is 3. The van der Waals surface area contributed by atoms with Crippen molar-refractivity contribution >= 4 is 22.8 Å². The van der Waals surface area contributed by atoms with E-state index in [1.54, 1.807) is 36.4 Å². The number of ether oxygens (including phenoxy) is 2. The van der Waals surface area contributed by atoms with Crippen molar-refractivity contribution in [2.75, 3.05) is 32.8 Å². The van der Waals surface area contributed by atoms with Crippen LogP contribution in [0.2, 0.25) is 0 Å². The highest BCUT2D eigenvalue weighted by atomic mass is 19.1. The second kappa shape index (κ2) is 13.6. The summed E-state index contributed by atoms with van der Waals surface area (Å²) in [5.41, 5.74) is 2.58. The Kier molecular flexibility index (Phi) is 9.51. The Bertz CT molecular complexity index is 1510. The first kappa shape index (κ1) is 29.3. The number of carbonyl (C=O) groups excluding carboxylic acids is 2. The third kappa shape index (κ3) is 7.16. The van der Waals surface area contributed by atoms with Crippen molar-refractivity contribution in [2.45, 2.75) is 32.4 Å². The van der Waals surface area contributed by atoms with Gasteiger partial charge in [-0.1, -0.05) is 44.2 Å². The van der Waals surface area contributed by atoms with Gasteiger partial charge in [0.25, 0.3) is 11.8 Å². The van der Waals surface area contributed by atoms with Gasteiger partial charge in [-0.3, -0.25) is 9.59 Å². The van der Waals surface area contributed by atoms with Gasteiger partial charge in [-0.25, -0.2) is 4.39 Å². The van der Waals surface area contributed by atoms with Crippen molar-refractivity contribution < 1.29 is 27.9 Å². The number of halogens is 1. The summed E-state index contributed by atoms with van der Waals surface area (Å²) in [6, 6.07) is 17.6. The van der Waals surface area contributed by atoms with E-state index in [9.17, 15) is 14.0 Å². The molecule has 1 fully saturated rings. The summed E-state index contributed by atoms with van der Waals surface area (Å²) in [7, 11) is 0. The molecule has 4 aromatic rings. The number of nitrogens with one attached hydrogen (secondary N) is 3. The maximum atomic E-state index is 14.0. The summed E-state index contributed by atoms with van der Waals surface area (Å²) >= 11 is 0. The van der Waals surface area contributed by atoms with Crippen LogP contribution in [0.4, 0.5) is 4.39 Å². The van der Waals surface area contributed by atoms with Gasteiger partial charge in [0.05, 0.1) is 30.9 Å². The fourth-order valence-electron chi connectivity index (χ4n) is 4.91. The molecule has 9 heteroatoms. The molecule has 0 saturated carbocycles. The summed E-state index contributed by atoms with van der Waals surface area (Å²) in [4.78, 5) is 26.8. The van der Waals surface area contributed by atoms with Crippen LogP contribution < -0.4 is 20.7 Å². The van der Waals surface area contributed by atoms with Crippen LogP contribution in [-0.4, -0.2) is 50.8 Å². The van der Waals surface area contributed by atoms with E-state index in [4.69, 9.17) is 13.9 Å². The fraction of sp³-hybridized carbons (Fsp3) is 0.333. The number of carbonyl (C=O) groups is 2. The van der Waals surface area contributed by atoms with Crippen LogP contribution in [0.5, 0.6) is 5.75 Å². The highest BCUT2D eigenvalue weighted by Gasteiger charge is 2.25. The number of para-hydroxylation sites is 1. The smallest absolute Gasteiger partial charge is 0.255 e. The summed E-state index contributed by atoms with van der Waals surface area (Å²) < 4.78 is 31.6. The van der Waals surface area contributed by atoms with Crippen molar-refractivity contribution in [3.05, 3.63) is 101 Å². The van der Waals surface area contributed by atoms with Gasteiger partial charge in [-0.05, 0) is 47.9 Å². The van der Waals surface area contributed by atoms with E-state index >= 15 is 0 Å². The molecule has 0 aliphatic carbocycles. The largest absolute Gasteiger partial charge is 0.493 e. The Labute approximate surface area is 244 Å². The molecule has 1 aliphatic rings. The first-order valence-corrected chi connectivity index (χ1v) is 14.3. The second-order valence-electron chi connectivity index (χ2n) is 10.8. The number of hydrogen-bond donors (Lipinski definition) is 3. The van der Waals surface area contributed by atoms with E-state index in [0.29, 0.717) is 65.2 Å². The average molecular weight is 574 g/mol. The number of hydrogen-bond acceptors (Lipinski definition) is 6. The van der Waals surface area contributed by atoms with Crippen molar-refractivity contribution in [1.82, 2.24) is 16.0 Å². The minimum Gasteiger partial charge on any atom is -0.493 e. The van der Waals surface area contributed by atoms with Gasteiger partial charge in [-0.15, -0.1) is 0 Å². The van der Waals surface area contributed by atoms with Crippen LogP contribution in [0.3, 0.4) is 0 Å². The molecule has 2 unspecified atom stereocenters. The van der Waals surface area contributed by atoms with Crippen LogP contribution in [0.25, 0.3) is 11.0 Å². The Hall–Kier alpha value is -4.21. The van der Waals surface area contributed by atoms with E-state index in [-0.39, 0.29) is 23.8 Å². The number of fused-ring (bicyclic) bond motifs is 1. The zero-order chi connectivity index (χ0) is 29.5. The van der Waals surface area contributed by atoms with Crippen LogP contribution in [-0.2, 0) is 4.74 Å². The number of morpholine rings is 1. The van der Waals surface area contributed by atoms with E-state index in [1.807, 2.05) is 32.0 Å². The normalized spacial score (nSPS) is 15.9. The molecular formula is C33H36FN3O5. The lowest BCUT2D eigenvalue weighted by molar-refractivity contribution is 0.0158. The SMILES string of the molecule is CC(C)CNC(=O)c1ccc(OCCC2CNCCO2)c(C(NC(=O)c2coc3ccccc23)c2ccc(F)cc2)c1. The maximum absolute atomic E-state index is 14.0. The van der Waals surface area contributed by atoms with E-state index < -0.39 is 11.9 Å². The second-order valence-corrected chi connectivity index (χ2v) is 10.8. The molecule has 2 heterocycles. The molecule has 2 atom stereocenters. The Balaban J connectivity index is 1.50. The van der Waals surface area contributed by atoms with E-state index in [0.717, 1.165) is 13.1 Å². The van der Waals surface area contributed by atoms with Crippen LogP contribution in [0.15, 0.2) is 77.4 Å². The van der Waals surface area contributed by atoms with Gasteiger partial charge >= 0.3 is 0 Å². The van der Waals surface area contributed by atoms with Crippen molar-refractivity contribution in [3.8, 4) is 5.75 Å². The Morgan fingerprint density at radius 1 is 1.07 bits per heavy atom. The minimum atomic E-state index is -0.757. The van der Waals surface area contributed by atoms with Gasteiger partial charge in [0.1, 0.15) is 23.4 Å². The summed E-state index contributed by atoms with van der Waals surface area (Å²) in [5.74, 6) is -0.224. The van der Waals surface area contributed by atoms with Crippen LogP contribution in [0.1, 0.15) is 58.2 Å². The third-order valence-electron chi connectivity index (χ3n) is 7.16. The predicted molar refractivity (Wildman–Crippen MR) is 158 cm³/mol. The minimum absolute atomic E-state index is 0.0326. The van der Waals surface area contributed by atoms with Crippen LogP contribution >= 0.6 is 0 Å². The van der Waals surface area contributed by atoms with Crippen molar-refractivity contribution in [2.24, 2.45) is 5.92 Å². The summed E-state index contributed by atoms with van der Waals surface area (Å²) in [6.07, 6.45) is 2.12. The monoisotopic (exact) mass is 573 g/mol. The highest BCUT2D eigenvalue weighted by molar-refractivity contribution is 6.06. The number of rotatable bonds is 11. The fourth-order valence-corrected chi connectivity index (χ4v) is 4.91. The van der Waals surface area contributed by atoms with E-state index in [2.05, 4.69) is 16.0 Å². The summed E-state index contributed by atoms with van der Waals surface area (Å²) in [6.45, 7) is 7.16. The number of furan rings is 1. The van der Waals surface area contributed by atoms with Gasteiger partial charge in [0.2, 0.25) is 0 Å². The molecule has 42 heavy (non-hydrogen) atoms. The standard InChI is InChI=1S/C33H36FN3O5/c1-21(2)18-36-32(38)23-9-12-30(41-15-13-25-19-35-14-16-40-25)27(17-23)31(22-7-10-24(34)11-8-22)37-33(39)28-20-42-29-6-4-3-5-26(28)29/h3-12,17,20-21,25,31,35H,13-16,18-19H2,1-2H3,(H,36,38)(H,37,39). The lowest BCUT2D eigenvalue weighted by Crippen LogP contribution is -2.39. The molecule has 8 nitrogen and oxygen atoms in total. The van der Waals surface area contributed by atoms with E-state index in [1.165, 1.54) is 18.4 Å². The lowest BCUT2D eigenvalue weighted by Gasteiger charge is -2.25. The molecule has 3 N–H and O–H groups in total. The zero-order valence-electron chi connectivity index (χ0n) is 23.8. The maximum Gasteiger partial charge on any atom is 0.255 e. The summed E-state index contributed by atoms with van der Waals surface area (Å²) in [5, 5.41) is 10.0. The molecule has 0 bridgehead atoms. The van der Waals surface area contributed by atoms with Crippen molar-refractivity contribution in [1.29, 1.82) is 0 Å². The molecule has 5 rings (SSSR count). The van der Waals surface area contributed by atoms with Gasteiger partial charge in [0.15, 0.2) is 0 Å². The molecule has 1 aromatic heterocycles. The zero-order valence-corrected chi connectivity index (χ0v) is 23.8. The molecule has 1 aliphatic heterocycles. The Morgan fingerprint density at radius 2 is 1.88 bits per heavy atom. The Morgan fingerprint density at radius 3 is 2.64 bits per heavy atom. The lowest BCUT2D eigenvalue weighted by atomic mass is 9.95. The molecular weight excluding hydrogens is 537 g/mol. The molecule has 3 aromatic carbocycles. The molecule has 2 amide bonds. The number of amides is 2. The predicted octanol–water partition coefficient (Wildman–Crippen LogP) is 5.23. The first-order chi connectivity index (χ1) is 20.4.